The Kier molecular flexibility index (Phi) is 5.57. The highest BCUT2D eigenvalue weighted by Crippen LogP contribution is 2.26. The molecule has 0 aliphatic carbocycles. The van der Waals surface area contributed by atoms with Crippen molar-refractivity contribution in [2.75, 3.05) is 26.2 Å². The summed E-state index contributed by atoms with van der Waals surface area (Å²) in [4.78, 5) is 16.0. The van der Waals surface area contributed by atoms with E-state index in [9.17, 15) is 9.90 Å². The third-order valence-electron chi connectivity index (χ3n) is 5.77. The molecule has 1 N–H and O–H groups in total. The van der Waals surface area contributed by atoms with Gasteiger partial charge in [0.2, 0.25) is 5.91 Å². The van der Waals surface area contributed by atoms with E-state index >= 15 is 0 Å². The van der Waals surface area contributed by atoms with Gasteiger partial charge in [-0.15, -0.1) is 0 Å². The molecule has 3 rings (SSSR count). The number of hydrogen-bond donors (Lipinski definition) is 1. The zero-order chi connectivity index (χ0) is 17.1. The minimum Gasteiger partial charge on any atom is -0.393 e. The van der Waals surface area contributed by atoms with Crippen LogP contribution in [0.4, 0.5) is 0 Å². The molecule has 2 aliphatic rings. The first-order valence-corrected chi connectivity index (χ1v) is 9.26. The molecule has 0 bridgehead atoms. The van der Waals surface area contributed by atoms with Crippen molar-refractivity contribution in [1.82, 2.24) is 9.80 Å². The van der Waals surface area contributed by atoms with Crippen LogP contribution in [-0.4, -0.2) is 59.1 Å². The summed E-state index contributed by atoms with van der Waals surface area (Å²) in [7, 11) is 0. The third kappa shape index (κ3) is 4.17. The molecule has 2 atom stereocenters. The van der Waals surface area contributed by atoms with Gasteiger partial charge in [0.05, 0.1) is 6.10 Å². The fourth-order valence-corrected chi connectivity index (χ4v) is 4.15. The van der Waals surface area contributed by atoms with Crippen molar-refractivity contribution in [3.8, 4) is 0 Å². The molecule has 1 aromatic carbocycles. The van der Waals surface area contributed by atoms with E-state index in [0.717, 1.165) is 51.9 Å². The SMILES string of the molecule is CC(=O)N1CCC(N2CC[C@@H](O)[C@H](Cc3ccc(C)cc3)C2)CC1. The van der Waals surface area contributed by atoms with Gasteiger partial charge in [-0.1, -0.05) is 29.8 Å². The van der Waals surface area contributed by atoms with E-state index in [1.165, 1.54) is 11.1 Å². The van der Waals surface area contributed by atoms with Gasteiger partial charge in [0, 0.05) is 45.1 Å². The Labute approximate surface area is 145 Å². The second kappa shape index (κ2) is 7.66. The molecule has 0 radical (unpaired) electrons. The van der Waals surface area contributed by atoms with E-state index in [4.69, 9.17) is 0 Å². The van der Waals surface area contributed by atoms with Crippen LogP contribution in [0.1, 0.15) is 37.3 Å². The van der Waals surface area contributed by atoms with Gasteiger partial charge in [-0.05, 0) is 38.2 Å². The Morgan fingerprint density at radius 2 is 1.79 bits per heavy atom. The number of benzene rings is 1. The maximum atomic E-state index is 11.5. The first-order valence-electron chi connectivity index (χ1n) is 9.26. The standard InChI is InChI=1S/C20H30N2O2/c1-15-3-5-17(6-4-15)13-18-14-22(12-9-20(18)24)19-7-10-21(11-8-19)16(2)23/h3-6,18-20,24H,7-14H2,1-2H3/t18-,20-/m1/s1. The van der Waals surface area contributed by atoms with E-state index in [1.54, 1.807) is 6.92 Å². The van der Waals surface area contributed by atoms with Crippen LogP contribution in [0.15, 0.2) is 24.3 Å². The number of rotatable bonds is 3. The summed E-state index contributed by atoms with van der Waals surface area (Å²) in [5, 5.41) is 10.4. The predicted octanol–water partition coefficient (Wildman–Crippen LogP) is 2.23. The molecule has 4 heteroatoms. The number of aryl methyl sites for hydroxylation is 1. The number of piperidine rings is 2. The molecule has 24 heavy (non-hydrogen) atoms. The quantitative estimate of drug-likeness (QED) is 0.924. The Morgan fingerprint density at radius 1 is 1.12 bits per heavy atom. The Balaban J connectivity index is 1.57. The lowest BCUT2D eigenvalue weighted by molar-refractivity contribution is -0.130. The number of amides is 1. The Hall–Kier alpha value is -1.39. The molecular weight excluding hydrogens is 300 g/mol. The van der Waals surface area contributed by atoms with Crippen LogP contribution in [0, 0.1) is 12.8 Å². The number of carbonyl (C=O) groups excluding carboxylic acids is 1. The maximum Gasteiger partial charge on any atom is 0.219 e. The van der Waals surface area contributed by atoms with Crippen LogP contribution in [0.25, 0.3) is 0 Å². The second-order valence-electron chi connectivity index (χ2n) is 7.54. The van der Waals surface area contributed by atoms with Crippen molar-refractivity contribution in [2.45, 2.75) is 51.7 Å². The number of nitrogens with zero attached hydrogens (tertiary/aromatic N) is 2. The van der Waals surface area contributed by atoms with E-state index in [2.05, 4.69) is 36.1 Å². The summed E-state index contributed by atoms with van der Waals surface area (Å²) in [6.07, 6.45) is 3.74. The first kappa shape index (κ1) is 17.4. The van der Waals surface area contributed by atoms with Crippen LogP contribution < -0.4 is 0 Å². The normalized spacial score (nSPS) is 26.5. The molecule has 2 aliphatic heterocycles. The summed E-state index contributed by atoms with van der Waals surface area (Å²) in [5.74, 6) is 0.507. The molecule has 2 fully saturated rings. The molecule has 2 heterocycles. The minimum atomic E-state index is -0.195. The molecule has 4 nitrogen and oxygen atoms in total. The minimum absolute atomic E-state index is 0.194. The zero-order valence-corrected chi connectivity index (χ0v) is 14.9. The van der Waals surface area contributed by atoms with E-state index < -0.39 is 0 Å². The van der Waals surface area contributed by atoms with Gasteiger partial charge >= 0.3 is 0 Å². The number of carbonyl (C=O) groups is 1. The van der Waals surface area contributed by atoms with Crippen molar-refractivity contribution in [1.29, 1.82) is 0 Å². The van der Waals surface area contributed by atoms with Gasteiger partial charge in [-0.2, -0.15) is 0 Å². The lowest BCUT2D eigenvalue weighted by atomic mass is 9.87. The molecule has 132 valence electrons. The van der Waals surface area contributed by atoms with Crippen molar-refractivity contribution in [3.05, 3.63) is 35.4 Å². The lowest BCUT2D eigenvalue weighted by Crippen LogP contribution is -2.52. The molecule has 0 aromatic heterocycles. The van der Waals surface area contributed by atoms with Gasteiger partial charge in [0.1, 0.15) is 0 Å². The molecular formula is C20H30N2O2. The van der Waals surface area contributed by atoms with E-state index in [-0.39, 0.29) is 12.0 Å². The van der Waals surface area contributed by atoms with Crippen molar-refractivity contribution in [2.24, 2.45) is 5.92 Å². The van der Waals surface area contributed by atoms with Crippen LogP contribution in [0.2, 0.25) is 0 Å². The monoisotopic (exact) mass is 330 g/mol. The first-order chi connectivity index (χ1) is 11.5. The average molecular weight is 330 g/mol. The Morgan fingerprint density at radius 3 is 2.42 bits per heavy atom. The highest BCUT2D eigenvalue weighted by atomic mass is 16.3. The van der Waals surface area contributed by atoms with Gasteiger partial charge in [0.25, 0.3) is 0 Å². The number of aliphatic hydroxyl groups excluding tert-OH is 1. The van der Waals surface area contributed by atoms with Crippen LogP contribution in [0.5, 0.6) is 0 Å². The molecule has 2 saturated heterocycles. The van der Waals surface area contributed by atoms with Crippen LogP contribution in [-0.2, 0) is 11.2 Å². The molecule has 0 unspecified atom stereocenters. The molecule has 0 spiro atoms. The molecule has 0 saturated carbocycles. The third-order valence-corrected chi connectivity index (χ3v) is 5.77. The maximum absolute atomic E-state index is 11.5. The summed E-state index contributed by atoms with van der Waals surface area (Å²) in [6.45, 7) is 7.48. The summed E-state index contributed by atoms with van der Waals surface area (Å²) < 4.78 is 0. The van der Waals surface area contributed by atoms with Gasteiger partial charge < -0.3 is 10.0 Å². The largest absolute Gasteiger partial charge is 0.393 e. The number of hydrogen-bond acceptors (Lipinski definition) is 3. The lowest BCUT2D eigenvalue weighted by Gasteiger charge is -2.43. The predicted molar refractivity (Wildman–Crippen MR) is 95.8 cm³/mol. The van der Waals surface area contributed by atoms with E-state index in [1.807, 2.05) is 4.90 Å². The average Bonchev–Trinajstić information content (AvgIpc) is 2.59. The Bertz CT molecular complexity index is 549. The van der Waals surface area contributed by atoms with Gasteiger partial charge in [0.15, 0.2) is 0 Å². The zero-order valence-electron chi connectivity index (χ0n) is 14.9. The van der Waals surface area contributed by atoms with Crippen LogP contribution in [0.3, 0.4) is 0 Å². The molecule has 1 aromatic rings. The second-order valence-corrected chi connectivity index (χ2v) is 7.54. The summed E-state index contributed by atoms with van der Waals surface area (Å²) in [5.41, 5.74) is 2.60. The smallest absolute Gasteiger partial charge is 0.219 e. The van der Waals surface area contributed by atoms with Crippen molar-refractivity contribution in [3.63, 3.8) is 0 Å². The number of likely N-dealkylation sites (tertiary alicyclic amines) is 2. The fourth-order valence-electron chi connectivity index (χ4n) is 4.15. The van der Waals surface area contributed by atoms with Crippen molar-refractivity contribution < 1.29 is 9.90 Å². The van der Waals surface area contributed by atoms with Crippen LogP contribution >= 0.6 is 0 Å². The van der Waals surface area contributed by atoms with Gasteiger partial charge in [-0.3, -0.25) is 9.69 Å². The summed E-state index contributed by atoms with van der Waals surface area (Å²) in [6, 6.07) is 9.24. The summed E-state index contributed by atoms with van der Waals surface area (Å²) >= 11 is 0. The molecule has 1 amide bonds. The topological polar surface area (TPSA) is 43.8 Å². The highest BCUT2D eigenvalue weighted by Gasteiger charge is 2.33. The highest BCUT2D eigenvalue weighted by molar-refractivity contribution is 5.73. The van der Waals surface area contributed by atoms with E-state index in [0.29, 0.717) is 12.0 Å². The fraction of sp³-hybridized carbons (Fsp3) is 0.650. The van der Waals surface area contributed by atoms with Gasteiger partial charge in [-0.25, -0.2) is 0 Å². The number of aliphatic hydroxyl groups is 1. The van der Waals surface area contributed by atoms with Crippen molar-refractivity contribution >= 4 is 5.91 Å².